The molecular formula is C17H24O2. The number of fused-ring (bicyclic) bond motifs is 1. The Morgan fingerprint density at radius 1 is 1.16 bits per heavy atom. The molecule has 0 saturated carbocycles. The van der Waals surface area contributed by atoms with Gasteiger partial charge in [0.2, 0.25) is 0 Å². The second-order valence-electron chi connectivity index (χ2n) is 7.30. The number of rotatable bonds is 1. The van der Waals surface area contributed by atoms with Crippen LogP contribution >= 0.6 is 0 Å². The van der Waals surface area contributed by atoms with Crippen molar-refractivity contribution in [3.63, 3.8) is 0 Å². The molecular weight excluding hydrogens is 236 g/mol. The van der Waals surface area contributed by atoms with Crippen molar-refractivity contribution in [1.82, 2.24) is 0 Å². The maximum absolute atomic E-state index is 11.3. The topological polar surface area (TPSA) is 29.5 Å². The molecule has 1 aliphatic heterocycles. The van der Waals surface area contributed by atoms with Gasteiger partial charge in [-0.25, -0.2) is 0 Å². The summed E-state index contributed by atoms with van der Waals surface area (Å²) in [4.78, 5) is 0. The van der Waals surface area contributed by atoms with Gasteiger partial charge in [-0.1, -0.05) is 24.3 Å². The van der Waals surface area contributed by atoms with E-state index < -0.39 is 5.60 Å². The molecule has 1 aliphatic carbocycles. The summed E-state index contributed by atoms with van der Waals surface area (Å²) in [5.41, 5.74) is 1.25. The van der Waals surface area contributed by atoms with Gasteiger partial charge < -0.3 is 9.84 Å². The summed E-state index contributed by atoms with van der Waals surface area (Å²) < 4.78 is 6.18. The SMILES string of the molecule is CC1(C)CC(C2(O)CCc3ccccc32)C(C)(C)O1. The first-order valence-electron chi connectivity index (χ1n) is 7.26. The minimum absolute atomic E-state index is 0.151. The van der Waals surface area contributed by atoms with E-state index in [1.807, 2.05) is 6.07 Å². The van der Waals surface area contributed by atoms with Crippen LogP contribution < -0.4 is 0 Å². The Morgan fingerprint density at radius 3 is 2.47 bits per heavy atom. The summed E-state index contributed by atoms with van der Waals surface area (Å²) in [5.74, 6) is 0.152. The van der Waals surface area contributed by atoms with Crippen molar-refractivity contribution >= 4 is 0 Å². The molecule has 1 fully saturated rings. The van der Waals surface area contributed by atoms with Gasteiger partial charge in [-0.05, 0) is 58.1 Å². The molecule has 2 atom stereocenters. The molecule has 19 heavy (non-hydrogen) atoms. The highest BCUT2D eigenvalue weighted by molar-refractivity contribution is 5.38. The zero-order valence-electron chi connectivity index (χ0n) is 12.4. The number of hydrogen-bond acceptors (Lipinski definition) is 2. The second-order valence-corrected chi connectivity index (χ2v) is 7.30. The highest BCUT2D eigenvalue weighted by Crippen LogP contribution is 2.54. The molecule has 2 nitrogen and oxygen atoms in total. The van der Waals surface area contributed by atoms with Gasteiger partial charge in [0.25, 0.3) is 0 Å². The van der Waals surface area contributed by atoms with Crippen LogP contribution in [0.1, 0.15) is 51.7 Å². The number of hydrogen-bond donors (Lipinski definition) is 1. The third-order valence-electron chi connectivity index (χ3n) is 4.91. The summed E-state index contributed by atoms with van der Waals surface area (Å²) in [6, 6.07) is 8.32. The van der Waals surface area contributed by atoms with Crippen LogP contribution in [0, 0.1) is 5.92 Å². The van der Waals surface area contributed by atoms with Gasteiger partial charge in [0.1, 0.15) is 0 Å². The van der Waals surface area contributed by atoms with E-state index in [1.54, 1.807) is 0 Å². The molecule has 0 amide bonds. The van der Waals surface area contributed by atoms with E-state index in [-0.39, 0.29) is 17.1 Å². The molecule has 0 radical (unpaired) electrons. The molecule has 2 unspecified atom stereocenters. The summed E-state index contributed by atoms with van der Waals surface area (Å²) in [5, 5.41) is 11.3. The zero-order valence-corrected chi connectivity index (χ0v) is 12.4. The van der Waals surface area contributed by atoms with Crippen LogP contribution in [0.15, 0.2) is 24.3 Å². The maximum atomic E-state index is 11.3. The van der Waals surface area contributed by atoms with Crippen LogP contribution in [-0.2, 0) is 16.8 Å². The van der Waals surface area contributed by atoms with Crippen LogP contribution in [0.25, 0.3) is 0 Å². The molecule has 1 N–H and O–H groups in total. The van der Waals surface area contributed by atoms with Crippen molar-refractivity contribution in [3.8, 4) is 0 Å². The zero-order chi connectivity index (χ0) is 13.9. The molecule has 1 aromatic rings. The smallest absolute Gasteiger partial charge is 0.0958 e. The predicted octanol–water partition coefficient (Wildman–Crippen LogP) is 3.41. The van der Waals surface area contributed by atoms with E-state index in [4.69, 9.17) is 4.74 Å². The van der Waals surface area contributed by atoms with Crippen molar-refractivity contribution in [2.45, 2.75) is 63.8 Å². The van der Waals surface area contributed by atoms with Crippen LogP contribution in [0.4, 0.5) is 0 Å². The van der Waals surface area contributed by atoms with E-state index >= 15 is 0 Å². The Bertz CT molecular complexity index is 504. The molecule has 1 saturated heterocycles. The van der Waals surface area contributed by atoms with Crippen molar-refractivity contribution in [2.24, 2.45) is 5.92 Å². The largest absolute Gasteiger partial charge is 0.385 e. The Morgan fingerprint density at radius 2 is 1.84 bits per heavy atom. The van der Waals surface area contributed by atoms with Gasteiger partial charge in [-0.15, -0.1) is 0 Å². The number of aryl methyl sites for hydroxylation is 1. The Balaban J connectivity index is 2.03. The summed E-state index contributed by atoms with van der Waals surface area (Å²) >= 11 is 0. The quantitative estimate of drug-likeness (QED) is 0.838. The normalized spacial score (nSPS) is 35.3. The van der Waals surface area contributed by atoms with Crippen molar-refractivity contribution in [1.29, 1.82) is 0 Å². The van der Waals surface area contributed by atoms with Crippen molar-refractivity contribution in [3.05, 3.63) is 35.4 Å². The van der Waals surface area contributed by atoms with Crippen LogP contribution in [0.3, 0.4) is 0 Å². The van der Waals surface area contributed by atoms with E-state index in [0.717, 1.165) is 24.8 Å². The third-order valence-corrected chi connectivity index (χ3v) is 4.91. The minimum atomic E-state index is -0.728. The second kappa shape index (κ2) is 3.83. The lowest BCUT2D eigenvalue weighted by molar-refractivity contribution is -0.116. The van der Waals surface area contributed by atoms with Gasteiger partial charge in [-0.2, -0.15) is 0 Å². The summed E-state index contributed by atoms with van der Waals surface area (Å²) in [6.45, 7) is 8.48. The van der Waals surface area contributed by atoms with Crippen LogP contribution in [-0.4, -0.2) is 16.3 Å². The fourth-order valence-corrected chi connectivity index (χ4v) is 4.29. The molecule has 0 bridgehead atoms. The van der Waals surface area contributed by atoms with Crippen LogP contribution in [0.5, 0.6) is 0 Å². The first-order valence-corrected chi connectivity index (χ1v) is 7.26. The third kappa shape index (κ3) is 1.93. The van der Waals surface area contributed by atoms with Crippen molar-refractivity contribution < 1.29 is 9.84 Å². The molecule has 2 aliphatic rings. The lowest BCUT2D eigenvalue weighted by Crippen LogP contribution is -2.43. The van der Waals surface area contributed by atoms with Gasteiger partial charge in [-0.3, -0.25) is 0 Å². The predicted molar refractivity (Wildman–Crippen MR) is 76.0 cm³/mol. The van der Waals surface area contributed by atoms with E-state index in [0.29, 0.717) is 0 Å². The van der Waals surface area contributed by atoms with E-state index in [1.165, 1.54) is 5.56 Å². The minimum Gasteiger partial charge on any atom is -0.385 e. The molecule has 1 aromatic carbocycles. The standard InChI is InChI=1S/C17H24O2/c1-15(2)11-14(16(3,4)19-15)17(18)10-9-12-7-5-6-8-13(12)17/h5-8,14,18H,9-11H2,1-4H3. The molecule has 1 heterocycles. The van der Waals surface area contributed by atoms with Crippen molar-refractivity contribution in [2.75, 3.05) is 0 Å². The number of ether oxygens (including phenoxy) is 1. The average Bonchev–Trinajstić information content (AvgIpc) is 2.75. The molecule has 2 heteroatoms. The Labute approximate surface area is 115 Å². The van der Waals surface area contributed by atoms with Crippen LogP contribution in [0.2, 0.25) is 0 Å². The fraction of sp³-hybridized carbons (Fsp3) is 0.647. The van der Waals surface area contributed by atoms with Gasteiger partial charge in [0.05, 0.1) is 16.8 Å². The Hall–Kier alpha value is -0.860. The monoisotopic (exact) mass is 260 g/mol. The fourth-order valence-electron chi connectivity index (χ4n) is 4.29. The summed E-state index contributed by atoms with van der Waals surface area (Å²) in [6.07, 6.45) is 2.70. The highest BCUT2D eigenvalue weighted by atomic mass is 16.5. The lowest BCUT2D eigenvalue weighted by atomic mass is 9.72. The summed E-state index contributed by atoms with van der Waals surface area (Å²) in [7, 11) is 0. The van der Waals surface area contributed by atoms with E-state index in [2.05, 4.69) is 45.9 Å². The number of benzene rings is 1. The molecule has 0 aromatic heterocycles. The highest BCUT2D eigenvalue weighted by Gasteiger charge is 2.57. The van der Waals surface area contributed by atoms with Gasteiger partial charge in [0, 0.05) is 5.92 Å². The molecule has 0 spiro atoms. The molecule has 104 valence electrons. The Kier molecular flexibility index (Phi) is 2.65. The van der Waals surface area contributed by atoms with Gasteiger partial charge >= 0.3 is 0 Å². The number of aliphatic hydroxyl groups is 1. The molecule has 3 rings (SSSR count). The van der Waals surface area contributed by atoms with Gasteiger partial charge in [0.15, 0.2) is 0 Å². The van der Waals surface area contributed by atoms with E-state index in [9.17, 15) is 5.11 Å². The maximum Gasteiger partial charge on any atom is 0.0958 e. The first-order chi connectivity index (χ1) is 8.75. The lowest BCUT2D eigenvalue weighted by Gasteiger charge is -2.38. The first kappa shape index (κ1) is 13.1. The average molecular weight is 260 g/mol.